The molecule has 14 heteroatoms. The van der Waals surface area contributed by atoms with Gasteiger partial charge in [-0.1, -0.05) is 18.2 Å². The molecule has 270 valence electrons. The Hall–Kier alpha value is -4.40. The van der Waals surface area contributed by atoms with Crippen molar-refractivity contribution in [2.75, 3.05) is 46.5 Å². The largest absolute Gasteiger partial charge is 0.493 e. The number of likely N-dealkylation sites (tertiary alicyclic amines) is 1. The number of nitrogens with one attached hydrogen (secondary N) is 2. The predicted octanol–water partition coefficient (Wildman–Crippen LogP) is 3.97. The zero-order valence-electron chi connectivity index (χ0n) is 28.5. The maximum Gasteiger partial charge on any atom is 0.262 e. The topological polar surface area (TPSA) is 151 Å². The summed E-state index contributed by atoms with van der Waals surface area (Å²) in [6.07, 6.45) is 8.26. The van der Waals surface area contributed by atoms with Crippen molar-refractivity contribution in [3.05, 3.63) is 75.1 Å². The number of piperidine rings is 1. The van der Waals surface area contributed by atoms with Crippen molar-refractivity contribution in [3.8, 4) is 5.75 Å². The number of hydrogen-bond donors (Lipinski definition) is 2. The number of carbonyl (C=O) groups excluding carboxylic acids is 4. The van der Waals surface area contributed by atoms with Gasteiger partial charge in [0.2, 0.25) is 5.91 Å². The lowest BCUT2D eigenvalue weighted by molar-refractivity contribution is -0.121. The van der Waals surface area contributed by atoms with Crippen LogP contribution in [0.2, 0.25) is 0 Å². The summed E-state index contributed by atoms with van der Waals surface area (Å²) in [5.74, 6) is -0.295. The average molecular weight is 720 g/mol. The van der Waals surface area contributed by atoms with Gasteiger partial charge in [0.25, 0.3) is 17.4 Å². The van der Waals surface area contributed by atoms with Crippen molar-refractivity contribution in [1.82, 2.24) is 25.1 Å². The van der Waals surface area contributed by atoms with Gasteiger partial charge >= 0.3 is 0 Å². The Labute approximate surface area is 299 Å². The predicted molar refractivity (Wildman–Crippen MR) is 191 cm³/mol. The summed E-state index contributed by atoms with van der Waals surface area (Å²) < 4.78 is 26.4. The number of halogens is 1. The summed E-state index contributed by atoms with van der Waals surface area (Å²) in [5, 5.41) is 2.86. The van der Waals surface area contributed by atoms with Crippen LogP contribution in [-0.4, -0.2) is 102 Å². The third kappa shape index (κ3) is 8.74. The quantitative estimate of drug-likeness (QED) is 0.185. The highest BCUT2D eigenvalue weighted by molar-refractivity contribution is 7.99. The standard InChI is InChI=1S/C37H42FN5O7S/c1-39-33(45)7-5-25(20-44)43-36(47)28-6-4-23(17-29(28)37(43)48)3-2-12-42-13-8-24(9-14-42)21-50-26-18-30(38)34-31(19-26)40-32(41-35(34)46)22-51-27-10-15-49-16-11-27/h2-4,6,17-20,24-25,27H,5,7-16,21-22H2,1H3,(H,39,45)(H,40,41,46)/b3-2+. The minimum Gasteiger partial charge on any atom is -0.493 e. The number of ether oxygens (including phenoxy) is 2. The molecule has 0 saturated carbocycles. The van der Waals surface area contributed by atoms with Crippen molar-refractivity contribution in [3.63, 3.8) is 0 Å². The number of hydrogen-bond acceptors (Lipinski definition) is 10. The number of aromatic nitrogens is 2. The van der Waals surface area contributed by atoms with Gasteiger partial charge in [0, 0.05) is 50.6 Å². The van der Waals surface area contributed by atoms with Crippen LogP contribution in [0, 0.1) is 11.7 Å². The first-order valence-corrected chi connectivity index (χ1v) is 18.4. The number of H-pyrrole nitrogens is 1. The van der Waals surface area contributed by atoms with E-state index in [4.69, 9.17) is 9.47 Å². The highest BCUT2D eigenvalue weighted by Gasteiger charge is 2.40. The molecule has 0 spiro atoms. The second-order valence-electron chi connectivity index (χ2n) is 13.1. The van der Waals surface area contributed by atoms with Crippen molar-refractivity contribution in [1.29, 1.82) is 0 Å². The van der Waals surface area contributed by atoms with Gasteiger partial charge < -0.3 is 24.6 Å². The molecule has 51 heavy (non-hydrogen) atoms. The third-order valence-corrected chi connectivity index (χ3v) is 11.0. The second kappa shape index (κ2) is 16.7. The summed E-state index contributed by atoms with van der Waals surface area (Å²) in [6, 6.07) is 6.91. The number of carbonyl (C=O) groups is 4. The van der Waals surface area contributed by atoms with E-state index in [1.54, 1.807) is 36.0 Å². The van der Waals surface area contributed by atoms with E-state index in [0.717, 1.165) is 62.4 Å². The summed E-state index contributed by atoms with van der Waals surface area (Å²) in [5.41, 5.74) is 1.05. The van der Waals surface area contributed by atoms with E-state index in [0.29, 0.717) is 42.0 Å². The molecule has 0 bridgehead atoms. The van der Waals surface area contributed by atoms with E-state index in [2.05, 4.69) is 20.2 Å². The average Bonchev–Trinajstić information content (AvgIpc) is 3.38. The van der Waals surface area contributed by atoms with Crippen LogP contribution in [0.4, 0.5) is 4.39 Å². The van der Waals surface area contributed by atoms with Crippen molar-refractivity contribution in [2.24, 2.45) is 5.92 Å². The normalized spacial score (nSPS) is 18.0. The van der Waals surface area contributed by atoms with Crippen LogP contribution in [-0.2, 0) is 20.1 Å². The van der Waals surface area contributed by atoms with Crippen LogP contribution in [0.5, 0.6) is 5.75 Å². The van der Waals surface area contributed by atoms with Gasteiger partial charge in [-0.3, -0.25) is 29.0 Å². The van der Waals surface area contributed by atoms with Crippen LogP contribution >= 0.6 is 11.8 Å². The maximum absolute atomic E-state index is 15.0. The van der Waals surface area contributed by atoms with Crippen molar-refractivity contribution in [2.45, 2.75) is 55.6 Å². The molecule has 3 aliphatic rings. The second-order valence-corrected chi connectivity index (χ2v) is 14.4. The monoisotopic (exact) mass is 719 g/mol. The van der Waals surface area contributed by atoms with E-state index in [-0.39, 0.29) is 46.7 Å². The highest BCUT2D eigenvalue weighted by Crippen LogP contribution is 2.29. The molecule has 3 aromatic rings. The van der Waals surface area contributed by atoms with E-state index in [1.165, 1.54) is 13.1 Å². The number of imide groups is 1. The molecule has 2 N–H and O–H groups in total. The van der Waals surface area contributed by atoms with Gasteiger partial charge in [0.05, 0.1) is 35.0 Å². The summed E-state index contributed by atoms with van der Waals surface area (Å²) >= 11 is 1.73. The van der Waals surface area contributed by atoms with Crippen LogP contribution in [0.25, 0.3) is 17.0 Å². The molecular formula is C37H42FN5O7S. The fourth-order valence-corrected chi connectivity index (χ4v) is 7.73. The van der Waals surface area contributed by atoms with Crippen LogP contribution < -0.4 is 15.6 Å². The number of nitrogens with zero attached hydrogens (tertiary/aromatic N) is 3. The van der Waals surface area contributed by atoms with E-state index < -0.39 is 29.2 Å². The van der Waals surface area contributed by atoms with Gasteiger partial charge in [-0.15, -0.1) is 0 Å². The van der Waals surface area contributed by atoms with Gasteiger partial charge in [0.15, 0.2) is 0 Å². The molecular weight excluding hydrogens is 678 g/mol. The zero-order valence-corrected chi connectivity index (χ0v) is 29.3. The first-order chi connectivity index (χ1) is 24.7. The first-order valence-electron chi connectivity index (χ1n) is 17.3. The number of benzene rings is 2. The van der Waals surface area contributed by atoms with Gasteiger partial charge in [-0.2, -0.15) is 11.8 Å². The maximum atomic E-state index is 15.0. The fraction of sp³-hybridized carbons (Fsp3) is 0.459. The number of aldehydes is 1. The number of rotatable bonds is 14. The minimum atomic E-state index is -1.01. The molecule has 3 amide bonds. The Kier molecular flexibility index (Phi) is 11.9. The number of fused-ring (bicyclic) bond motifs is 2. The lowest BCUT2D eigenvalue weighted by atomic mass is 9.98. The van der Waals surface area contributed by atoms with Crippen molar-refractivity contribution >= 4 is 52.7 Å². The Morgan fingerprint density at radius 3 is 2.63 bits per heavy atom. The lowest BCUT2D eigenvalue weighted by Gasteiger charge is -2.31. The fourth-order valence-electron chi connectivity index (χ4n) is 6.67. The third-order valence-electron chi connectivity index (χ3n) is 9.65. The Balaban J connectivity index is 0.981. The molecule has 3 aliphatic heterocycles. The van der Waals surface area contributed by atoms with E-state index >= 15 is 0 Å². The molecule has 2 saturated heterocycles. The van der Waals surface area contributed by atoms with Gasteiger partial charge in [0.1, 0.15) is 29.1 Å². The molecule has 12 nitrogen and oxygen atoms in total. The first kappa shape index (κ1) is 36.4. The number of aromatic amines is 1. The van der Waals surface area contributed by atoms with Crippen LogP contribution in [0.3, 0.4) is 0 Å². The summed E-state index contributed by atoms with van der Waals surface area (Å²) in [6.45, 7) is 4.31. The summed E-state index contributed by atoms with van der Waals surface area (Å²) in [4.78, 5) is 72.6. The minimum absolute atomic E-state index is 0.0226. The van der Waals surface area contributed by atoms with Gasteiger partial charge in [-0.25, -0.2) is 9.37 Å². The molecule has 2 aromatic carbocycles. The van der Waals surface area contributed by atoms with E-state index in [9.17, 15) is 28.4 Å². The van der Waals surface area contributed by atoms with Crippen molar-refractivity contribution < 1.29 is 33.0 Å². The SMILES string of the molecule is CNC(=O)CCC(C=O)N1C(=O)c2ccc(/C=C/CN3CCC(COc4cc(F)c5c(=O)[nH]c(CSC6CCOCC6)nc5c4)CC3)cc2C1=O. The van der Waals surface area contributed by atoms with E-state index in [1.807, 2.05) is 12.2 Å². The molecule has 2 fully saturated rings. The molecule has 1 unspecified atom stereocenters. The number of amides is 3. The lowest BCUT2D eigenvalue weighted by Crippen LogP contribution is -2.41. The molecule has 1 atom stereocenters. The van der Waals surface area contributed by atoms with Gasteiger partial charge in [-0.05, 0) is 68.8 Å². The highest BCUT2D eigenvalue weighted by atomic mass is 32.2. The molecule has 0 aliphatic carbocycles. The zero-order chi connectivity index (χ0) is 35.9. The Morgan fingerprint density at radius 2 is 1.88 bits per heavy atom. The molecule has 1 aromatic heterocycles. The molecule has 4 heterocycles. The Bertz CT molecular complexity index is 1870. The Morgan fingerprint density at radius 1 is 1.12 bits per heavy atom. The molecule has 6 rings (SSSR count). The van der Waals surface area contributed by atoms with Crippen LogP contribution in [0.15, 0.2) is 41.2 Å². The van der Waals surface area contributed by atoms with Crippen LogP contribution in [0.1, 0.15) is 70.6 Å². The summed E-state index contributed by atoms with van der Waals surface area (Å²) in [7, 11) is 1.48. The molecule has 0 radical (unpaired) electrons. The smallest absolute Gasteiger partial charge is 0.262 e. The number of thioether (sulfide) groups is 1.